The second kappa shape index (κ2) is 7.40. The lowest BCUT2D eigenvalue weighted by atomic mass is 10.2. The van der Waals surface area contributed by atoms with E-state index in [2.05, 4.69) is 42.9 Å². The summed E-state index contributed by atoms with van der Waals surface area (Å²) in [6.07, 6.45) is 0. The fourth-order valence-corrected chi connectivity index (χ4v) is 3.06. The van der Waals surface area contributed by atoms with Gasteiger partial charge in [-0.25, -0.2) is 4.98 Å². The molecule has 0 bridgehead atoms. The third-order valence-electron chi connectivity index (χ3n) is 3.59. The standard InChI is InChI=1S/C17H23N3OS/c1-5-20(6-2)14-9-7-13(8-10-14)16(21)19-17-18-15(11-22-17)12(3)4/h7-12H,5-6H2,1-4H3,(H,18,19,21). The van der Waals surface area contributed by atoms with E-state index in [1.807, 2.05) is 29.6 Å². The lowest BCUT2D eigenvalue weighted by Gasteiger charge is -2.20. The number of nitrogens with one attached hydrogen (secondary N) is 1. The van der Waals surface area contributed by atoms with Gasteiger partial charge in [-0.1, -0.05) is 13.8 Å². The third-order valence-corrected chi connectivity index (χ3v) is 4.37. The summed E-state index contributed by atoms with van der Waals surface area (Å²) in [7, 11) is 0. The van der Waals surface area contributed by atoms with Gasteiger partial charge in [-0.3, -0.25) is 10.1 Å². The Morgan fingerprint density at radius 3 is 2.36 bits per heavy atom. The van der Waals surface area contributed by atoms with E-state index in [4.69, 9.17) is 0 Å². The minimum absolute atomic E-state index is 0.115. The van der Waals surface area contributed by atoms with Crippen molar-refractivity contribution in [2.24, 2.45) is 0 Å². The molecule has 0 spiro atoms. The Kier molecular flexibility index (Phi) is 5.55. The molecule has 4 nitrogen and oxygen atoms in total. The smallest absolute Gasteiger partial charge is 0.257 e. The fraction of sp³-hybridized carbons (Fsp3) is 0.412. The first-order chi connectivity index (χ1) is 10.5. The lowest BCUT2D eigenvalue weighted by molar-refractivity contribution is 0.102. The lowest BCUT2D eigenvalue weighted by Crippen LogP contribution is -2.21. The monoisotopic (exact) mass is 317 g/mol. The molecule has 2 aromatic rings. The van der Waals surface area contributed by atoms with E-state index in [0.717, 1.165) is 24.5 Å². The molecule has 1 aromatic heterocycles. The van der Waals surface area contributed by atoms with Gasteiger partial charge in [-0.15, -0.1) is 11.3 Å². The molecule has 0 radical (unpaired) electrons. The molecule has 2 rings (SSSR count). The van der Waals surface area contributed by atoms with Crippen LogP contribution in [0, 0.1) is 0 Å². The average Bonchev–Trinajstić information content (AvgIpc) is 2.98. The first-order valence-electron chi connectivity index (χ1n) is 7.66. The number of anilines is 2. The van der Waals surface area contributed by atoms with E-state index in [9.17, 15) is 4.79 Å². The highest BCUT2D eigenvalue weighted by molar-refractivity contribution is 7.14. The molecule has 0 aliphatic rings. The molecule has 0 unspecified atom stereocenters. The summed E-state index contributed by atoms with van der Waals surface area (Å²) in [5, 5.41) is 5.51. The first kappa shape index (κ1) is 16.5. The van der Waals surface area contributed by atoms with Gasteiger partial charge in [0.2, 0.25) is 0 Å². The molecular formula is C17H23N3OS. The van der Waals surface area contributed by atoms with Gasteiger partial charge in [0.05, 0.1) is 5.69 Å². The highest BCUT2D eigenvalue weighted by Gasteiger charge is 2.11. The van der Waals surface area contributed by atoms with Crippen LogP contribution in [0.4, 0.5) is 10.8 Å². The minimum atomic E-state index is -0.115. The Morgan fingerprint density at radius 1 is 1.23 bits per heavy atom. The van der Waals surface area contributed by atoms with Gasteiger partial charge in [0.25, 0.3) is 5.91 Å². The summed E-state index contributed by atoms with van der Waals surface area (Å²) in [6, 6.07) is 7.70. The Balaban J connectivity index is 2.06. The molecule has 22 heavy (non-hydrogen) atoms. The summed E-state index contributed by atoms with van der Waals surface area (Å²) in [5.41, 5.74) is 2.80. The largest absolute Gasteiger partial charge is 0.372 e. The highest BCUT2D eigenvalue weighted by Crippen LogP contribution is 2.22. The van der Waals surface area contributed by atoms with E-state index in [0.29, 0.717) is 16.6 Å². The van der Waals surface area contributed by atoms with Crippen molar-refractivity contribution < 1.29 is 4.79 Å². The average molecular weight is 317 g/mol. The van der Waals surface area contributed by atoms with Crippen LogP contribution in [0.15, 0.2) is 29.6 Å². The van der Waals surface area contributed by atoms with Crippen LogP contribution >= 0.6 is 11.3 Å². The van der Waals surface area contributed by atoms with Crippen LogP contribution < -0.4 is 10.2 Å². The van der Waals surface area contributed by atoms with Gasteiger partial charge in [0.15, 0.2) is 5.13 Å². The number of carbonyl (C=O) groups is 1. The predicted molar refractivity (Wildman–Crippen MR) is 94.2 cm³/mol. The summed E-state index contributed by atoms with van der Waals surface area (Å²) in [6.45, 7) is 10.3. The van der Waals surface area contributed by atoms with Gasteiger partial charge in [0, 0.05) is 29.7 Å². The first-order valence-corrected chi connectivity index (χ1v) is 8.54. The van der Waals surface area contributed by atoms with Gasteiger partial charge < -0.3 is 4.90 Å². The maximum Gasteiger partial charge on any atom is 0.257 e. The molecule has 118 valence electrons. The van der Waals surface area contributed by atoms with Crippen LogP contribution in [0.2, 0.25) is 0 Å². The topological polar surface area (TPSA) is 45.2 Å². The molecule has 5 heteroatoms. The fourth-order valence-electron chi connectivity index (χ4n) is 2.19. The molecular weight excluding hydrogens is 294 g/mol. The quantitative estimate of drug-likeness (QED) is 0.860. The van der Waals surface area contributed by atoms with Crippen LogP contribution in [-0.4, -0.2) is 24.0 Å². The molecule has 0 aliphatic carbocycles. The second-order valence-electron chi connectivity index (χ2n) is 5.41. The van der Waals surface area contributed by atoms with Crippen LogP contribution in [0.1, 0.15) is 49.7 Å². The Labute approximate surface area is 136 Å². The van der Waals surface area contributed by atoms with E-state index in [1.165, 1.54) is 11.3 Å². The van der Waals surface area contributed by atoms with Crippen molar-refractivity contribution in [3.8, 4) is 0 Å². The zero-order valence-electron chi connectivity index (χ0n) is 13.6. The second-order valence-corrected chi connectivity index (χ2v) is 6.26. The van der Waals surface area contributed by atoms with Gasteiger partial charge in [0.1, 0.15) is 0 Å². The van der Waals surface area contributed by atoms with E-state index in [-0.39, 0.29) is 5.91 Å². The van der Waals surface area contributed by atoms with E-state index < -0.39 is 0 Å². The zero-order valence-corrected chi connectivity index (χ0v) is 14.4. The molecule has 0 aliphatic heterocycles. The number of rotatable bonds is 6. The molecule has 0 atom stereocenters. The molecule has 1 aromatic carbocycles. The van der Waals surface area contributed by atoms with E-state index in [1.54, 1.807) is 0 Å². The number of carbonyl (C=O) groups excluding carboxylic acids is 1. The summed E-state index contributed by atoms with van der Waals surface area (Å²) >= 11 is 1.46. The summed E-state index contributed by atoms with van der Waals surface area (Å²) in [4.78, 5) is 18.9. The molecule has 0 saturated heterocycles. The van der Waals surface area contributed by atoms with Crippen molar-refractivity contribution in [2.75, 3.05) is 23.3 Å². The van der Waals surface area contributed by atoms with Crippen molar-refractivity contribution in [2.45, 2.75) is 33.6 Å². The minimum Gasteiger partial charge on any atom is -0.372 e. The van der Waals surface area contributed by atoms with Crippen molar-refractivity contribution in [1.82, 2.24) is 4.98 Å². The molecule has 0 saturated carbocycles. The van der Waals surface area contributed by atoms with Crippen molar-refractivity contribution in [3.63, 3.8) is 0 Å². The SMILES string of the molecule is CCN(CC)c1ccc(C(=O)Nc2nc(C(C)C)cs2)cc1. The van der Waals surface area contributed by atoms with Crippen LogP contribution in [0.25, 0.3) is 0 Å². The number of benzene rings is 1. The molecule has 1 heterocycles. The van der Waals surface area contributed by atoms with Crippen molar-refractivity contribution in [3.05, 3.63) is 40.9 Å². The number of nitrogens with zero attached hydrogens (tertiary/aromatic N) is 2. The maximum atomic E-state index is 12.3. The summed E-state index contributed by atoms with van der Waals surface area (Å²) in [5.74, 6) is 0.256. The van der Waals surface area contributed by atoms with Crippen LogP contribution in [-0.2, 0) is 0 Å². The zero-order chi connectivity index (χ0) is 16.1. The highest BCUT2D eigenvalue weighted by atomic mass is 32.1. The van der Waals surface area contributed by atoms with Crippen LogP contribution in [0.3, 0.4) is 0 Å². The molecule has 1 amide bonds. The van der Waals surface area contributed by atoms with Crippen molar-refractivity contribution >= 4 is 28.1 Å². The summed E-state index contributed by atoms with van der Waals surface area (Å²) < 4.78 is 0. The molecule has 0 fully saturated rings. The number of aromatic nitrogens is 1. The number of amides is 1. The number of thiazole rings is 1. The number of hydrogen-bond donors (Lipinski definition) is 1. The maximum absolute atomic E-state index is 12.3. The predicted octanol–water partition coefficient (Wildman–Crippen LogP) is 4.37. The third kappa shape index (κ3) is 3.85. The Morgan fingerprint density at radius 2 is 1.86 bits per heavy atom. The number of hydrogen-bond acceptors (Lipinski definition) is 4. The Bertz CT molecular complexity index is 615. The normalized spacial score (nSPS) is 10.8. The Hall–Kier alpha value is -1.88. The van der Waals surface area contributed by atoms with Gasteiger partial charge in [-0.2, -0.15) is 0 Å². The van der Waals surface area contributed by atoms with Gasteiger partial charge >= 0.3 is 0 Å². The van der Waals surface area contributed by atoms with Gasteiger partial charge in [-0.05, 0) is 44.0 Å². The van der Waals surface area contributed by atoms with Crippen LogP contribution in [0.5, 0.6) is 0 Å². The molecule has 1 N–H and O–H groups in total. The van der Waals surface area contributed by atoms with Crippen molar-refractivity contribution in [1.29, 1.82) is 0 Å². The van der Waals surface area contributed by atoms with E-state index >= 15 is 0 Å².